The van der Waals surface area contributed by atoms with Gasteiger partial charge in [0.1, 0.15) is 0 Å². The molecule has 1 aromatic carbocycles. The molecule has 0 radical (unpaired) electrons. The van der Waals surface area contributed by atoms with Crippen molar-refractivity contribution in [3.05, 3.63) is 34.7 Å². The molecule has 0 bridgehead atoms. The lowest BCUT2D eigenvalue weighted by Crippen LogP contribution is -2.38. The van der Waals surface area contributed by atoms with E-state index in [1.807, 2.05) is 22.8 Å². The Morgan fingerprint density at radius 1 is 0.958 bits per heavy atom. The average Bonchev–Trinajstić information content (AvgIpc) is 3.22. The number of likely N-dealkylation sites (tertiary alicyclic amines) is 2. The molecule has 2 aromatic rings. The number of hydrogen-bond acceptors (Lipinski definition) is 3. The van der Waals surface area contributed by atoms with Gasteiger partial charge >= 0.3 is 5.69 Å². The van der Waals surface area contributed by atoms with E-state index in [0.29, 0.717) is 6.04 Å². The fraction of sp³-hybridized carbons (Fsp3) is 0.632. The first-order chi connectivity index (χ1) is 11.8. The maximum atomic E-state index is 12.3. The summed E-state index contributed by atoms with van der Waals surface area (Å²) >= 11 is 0. The van der Waals surface area contributed by atoms with Crippen molar-refractivity contribution in [2.45, 2.75) is 38.1 Å². The highest BCUT2D eigenvalue weighted by Gasteiger charge is 2.23. The quantitative estimate of drug-likeness (QED) is 0.917. The lowest BCUT2D eigenvalue weighted by atomic mass is 10.0. The molecule has 0 amide bonds. The number of H-pyrrole nitrogens is 1. The van der Waals surface area contributed by atoms with Gasteiger partial charge in [0, 0.05) is 19.1 Å². The van der Waals surface area contributed by atoms with Gasteiger partial charge in [-0.2, -0.15) is 0 Å². The van der Waals surface area contributed by atoms with E-state index < -0.39 is 0 Å². The summed E-state index contributed by atoms with van der Waals surface area (Å²) in [4.78, 5) is 20.5. The number of nitrogens with one attached hydrogen (secondary N) is 1. The molecule has 2 fully saturated rings. The van der Waals surface area contributed by atoms with Crippen molar-refractivity contribution in [3.63, 3.8) is 0 Å². The van der Waals surface area contributed by atoms with E-state index in [-0.39, 0.29) is 5.69 Å². The van der Waals surface area contributed by atoms with Crippen LogP contribution in [-0.2, 0) is 0 Å². The lowest BCUT2D eigenvalue weighted by Gasteiger charge is -2.32. The average molecular weight is 328 g/mol. The van der Waals surface area contributed by atoms with Gasteiger partial charge in [0.2, 0.25) is 0 Å². The van der Waals surface area contributed by atoms with Gasteiger partial charge in [-0.15, -0.1) is 0 Å². The van der Waals surface area contributed by atoms with Crippen molar-refractivity contribution in [2.24, 2.45) is 0 Å². The monoisotopic (exact) mass is 328 g/mol. The van der Waals surface area contributed by atoms with E-state index >= 15 is 0 Å². The van der Waals surface area contributed by atoms with E-state index in [2.05, 4.69) is 20.9 Å². The largest absolute Gasteiger partial charge is 0.326 e. The number of nitrogens with zero attached hydrogens (tertiary/aromatic N) is 3. The highest BCUT2D eigenvalue weighted by atomic mass is 16.1. The molecule has 2 saturated heterocycles. The van der Waals surface area contributed by atoms with Gasteiger partial charge in [-0.05, 0) is 70.4 Å². The van der Waals surface area contributed by atoms with Crippen LogP contribution in [0.4, 0.5) is 0 Å². The zero-order valence-electron chi connectivity index (χ0n) is 14.4. The second-order valence-electron chi connectivity index (χ2n) is 7.29. The summed E-state index contributed by atoms with van der Waals surface area (Å²) < 4.78 is 1.98. The zero-order chi connectivity index (χ0) is 16.4. The first-order valence-electron chi connectivity index (χ1n) is 9.45. The van der Waals surface area contributed by atoms with Crippen LogP contribution in [0.1, 0.15) is 38.1 Å². The van der Waals surface area contributed by atoms with Crippen molar-refractivity contribution >= 4 is 11.0 Å². The summed E-state index contributed by atoms with van der Waals surface area (Å²) in [6.07, 6.45) is 6.18. The minimum Gasteiger partial charge on any atom is -0.306 e. The van der Waals surface area contributed by atoms with Crippen LogP contribution in [0.15, 0.2) is 29.1 Å². The van der Waals surface area contributed by atoms with Gasteiger partial charge in [-0.25, -0.2) is 4.79 Å². The molecule has 0 unspecified atom stereocenters. The topological polar surface area (TPSA) is 44.3 Å². The molecule has 3 heterocycles. The van der Waals surface area contributed by atoms with Crippen molar-refractivity contribution < 1.29 is 0 Å². The summed E-state index contributed by atoms with van der Waals surface area (Å²) in [6.45, 7) is 7.26. The van der Waals surface area contributed by atoms with E-state index in [9.17, 15) is 4.79 Å². The summed E-state index contributed by atoms with van der Waals surface area (Å²) in [6, 6.07) is 8.37. The van der Waals surface area contributed by atoms with E-state index in [0.717, 1.165) is 37.0 Å². The van der Waals surface area contributed by atoms with Gasteiger partial charge in [0.15, 0.2) is 0 Å². The summed E-state index contributed by atoms with van der Waals surface area (Å²) in [5.74, 6) is 0. The van der Waals surface area contributed by atoms with Crippen molar-refractivity contribution in [1.82, 2.24) is 19.4 Å². The van der Waals surface area contributed by atoms with Crippen LogP contribution in [0.2, 0.25) is 0 Å². The van der Waals surface area contributed by atoms with Gasteiger partial charge in [0.05, 0.1) is 11.0 Å². The number of fused-ring (bicyclic) bond motifs is 1. The molecule has 0 spiro atoms. The fourth-order valence-electron chi connectivity index (χ4n) is 4.36. The highest BCUT2D eigenvalue weighted by Crippen LogP contribution is 2.24. The SMILES string of the molecule is O=c1[nH]c2ccccc2n1C1CCN(CCCN2CCCC2)CC1. The third kappa shape index (κ3) is 3.28. The Labute approximate surface area is 143 Å². The molecule has 0 saturated carbocycles. The van der Waals surface area contributed by atoms with Crippen molar-refractivity contribution in [3.8, 4) is 0 Å². The van der Waals surface area contributed by atoms with Crippen molar-refractivity contribution in [1.29, 1.82) is 0 Å². The van der Waals surface area contributed by atoms with Gasteiger partial charge in [0.25, 0.3) is 0 Å². The molecule has 2 aliphatic heterocycles. The Kier molecular flexibility index (Phi) is 4.72. The predicted octanol–water partition coefficient (Wildman–Crippen LogP) is 2.45. The number of aromatic amines is 1. The summed E-state index contributed by atoms with van der Waals surface area (Å²) in [5, 5.41) is 0. The van der Waals surface area contributed by atoms with E-state index in [1.54, 1.807) is 0 Å². The molecule has 24 heavy (non-hydrogen) atoms. The number of hydrogen-bond donors (Lipinski definition) is 1. The minimum absolute atomic E-state index is 0.0451. The Bertz CT molecular complexity index is 720. The Morgan fingerprint density at radius 3 is 2.38 bits per heavy atom. The lowest BCUT2D eigenvalue weighted by molar-refractivity contribution is 0.177. The molecule has 2 aliphatic rings. The first-order valence-corrected chi connectivity index (χ1v) is 9.45. The third-order valence-corrected chi connectivity index (χ3v) is 5.69. The summed E-state index contributed by atoms with van der Waals surface area (Å²) in [7, 11) is 0. The van der Waals surface area contributed by atoms with E-state index in [4.69, 9.17) is 0 Å². The number of piperidine rings is 1. The second kappa shape index (κ2) is 7.11. The third-order valence-electron chi connectivity index (χ3n) is 5.69. The van der Waals surface area contributed by atoms with Crippen LogP contribution in [0.25, 0.3) is 11.0 Å². The van der Waals surface area contributed by atoms with E-state index in [1.165, 1.54) is 45.4 Å². The molecule has 0 atom stereocenters. The number of para-hydroxylation sites is 2. The zero-order valence-corrected chi connectivity index (χ0v) is 14.4. The molecule has 0 aliphatic carbocycles. The number of aromatic nitrogens is 2. The van der Waals surface area contributed by atoms with Crippen LogP contribution in [0.5, 0.6) is 0 Å². The van der Waals surface area contributed by atoms with Crippen LogP contribution >= 0.6 is 0 Å². The maximum Gasteiger partial charge on any atom is 0.326 e. The van der Waals surface area contributed by atoms with Gasteiger partial charge in [-0.1, -0.05) is 12.1 Å². The normalized spacial score (nSPS) is 21.0. The molecular formula is C19H28N4O. The Balaban J connectivity index is 1.32. The predicted molar refractivity (Wildman–Crippen MR) is 97.6 cm³/mol. The molecule has 1 N–H and O–H groups in total. The Hall–Kier alpha value is -1.59. The molecule has 5 heteroatoms. The smallest absolute Gasteiger partial charge is 0.306 e. The van der Waals surface area contributed by atoms with Gasteiger partial charge < -0.3 is 14.8 Å². The maximum absolute atomic E-state index is 12.3. The molecule has 4 rings (SSSR count). The van der Waals surface area contributed by atoms with Gasteiger partial charge in [-0.3, -0.25) is 4.57 Å². The first kappa shape index (κ1) is 15.9. The minimum atomic E-state index is 0.0451. The molecule has 5 nitrogen and oxygen atoms in total. The molecule has 130 valence electrons. The van der Waals surface area contributed by atoms with Crippen molar-refractivity contribution in [2.75, 3.05) is 39.3 Å². The van der Waals surface area contributed by atoms with Crippen LogP contribution in [0.3, 0.4) is 0 Å². The number of imidazole rings is 1. The highest BCUT2D eigenvalue weighted by molar-refractivity contribution is 5.75. The second-order valence-corrected chi connectivity index (χ2v) is 7.29. The summed E-state index contributed by atoms with van der Waals surface area (Å²) in [5.41, 5.74) is 2.05. The van der Waals surface area contributed by atoms with Crippen LogP contribution in [-0.4, -0.2) is 58.6 Å². The molecular weight excluding hydrogens is 300 g/mol. The standard InChI is InChI=1S/C19H28N4O/c24-19-20-17-6-1-2-7-18(17)23(19)16-8-14-22(15-9-16)13-5-12-21-10-3-4-11-21/h1-2,6-7,16H,3-5,8-15H2,(H,20,24). The fourth-order valence-corrected chi connectivity index (χ4v) is 4.36. The molecule has 1 aromatic heterocycles. The number of benzene rings is 1. The Morgan fingerprint density at radius 2 is 1.62 bits per heavy atom. The van der Waals surface area contributed by atoms with Crippen LogP contribution < -0.4 is 5.69 Å². The van der Waals surface area contributed by atoms with Crippen LogP contribution in [0, 0.1) is 0 Å². The number of rotatable bonds is 5.